The first-order valence-electron chi connectivity index (χ1n) is 5.21. The summed E-state index contributed by atoms with van der Waals surface area (Å²) in [5.41, 5.74) is 0.704. The normalized spacial score (nSPS) is 24.4. The first kappa shape index (κ1) is 11.9. The van der Waals surface area contributed by atoms with Gasteiger partial charge in [0.2, 0.25) is 0 Å². The van der Waals surface area contributed by atoms with E-state index in [4.69, 9.17) is 23.2 Å². The summed E-state index contributed by atoms with van der Waals surface area (Å²) >= 11 is 11.6. The second-order valence-corrected chi connectivity index (χ2v) is 4.89. The fourth-order valence-corrected chi connectivity index (χ4v) is 2.76. The van der Waals surface area contributed by atoms with Crippen molar-refractivity contribution in [3.8, 4) is 0 Å². The lowest BCUT2D eigenvalue weighted by Gasteiger charge is -2.35. The fourth-order valence-electron chi connectivity index (χ4n) is 2.24. The number of Topliss-reactive ketones (excluding diaryl/α,β-unsaturated/α-hetero) is 1. The Labute approximate surface area is 104 Å². The van der Waals surface area contributed by atoms with E-state index in [-0.39, 0.29) is 22.6 Å². The standard InChI is InChI=1S/C12H11Cl2FO/c1-2-6-7(4-12(6)16)8-3-11(15)10(14)5-9(8)13/h3,5-7H,2,4H2,1H3. The minimum Gasteiger partial charge on any atom is -0.299 e. The third kappa shape index (κ3) is 1.85. The highest BCUT2D eigenvalue weighted by Gasteiger charge is 2.40. The number of benzene rings is 1. The fraction of sp³-hybridized carbons (Fsp3) is 0.417. The Morgan fingerprint density at radius 2 is 2.06 bits per heavy atom. The summed E-state index contributed by atoms with van der Waals surface area (Å²) in [6.07, 6.45) is 1.23. The number of halogens is 3. The second-order valence-electron chi connectivity index (χ2n) is 4.08. The lowest BCUT2D eigenvalue weighted by atomic mass is 9.68. The van der Waals surface area contributed by atoms with Gasteiger partial charge in [0.25, 0.3) is 0 Å². The Hall–Kier alpha value is -0.600. The summed E-state index contributed by atoms with van der Waals surface area (Å²) in [5.74, 6) is -0.205. The van der Waals surface area contributed by atoms with Crippen LogP contribution in [-0.4, -0.2) is 5.78 Å². The van der Waals surface area contributed by atoms with E-state index in [9.17, 15) is 9.18 Å². The van der Waals surface area contributed by atoms with Crippen LogP contribution in [0.5, 0.6) is 0 Å². The van der Waals surface area contributed by atoms with Gasteiger partial charge in [0.05, 0.1) is 5.02 Å². The van der Waals surface area contributed by atoms with Gasteiger partial charge in [0.15, 0.2) is 0 Å². The number of carbonyl (C=O) groups excluding carboxylic acids is 1. The monoisotopic (exact) mass is 260 g/mol. The molecule has 2 unspecified atom stereocenters. The Morgan fingerprint density at radius 1 is 1.38 bits per heavy atom. The molecule has 0 saturated heterocycles. The maximum Gasteiger partial charge on any atom is 0.142 e. The average molecular weight is 261 g/mol. The van der Waals surface area contributed by atoms with Crippen LogP contribution in [0.25, 0.3) is 0 Å². The van der Waals surface area contributed by atoms with E-state index in [1.807, 2.05) is 6.92 Å². The van der Waals surface area contributed by atoms with Gasteiger partial charge in [-0.1, -0.05) is 30.1 Å². The van der Waals surface area contributed by atoms with E-state index >= 15 is 0 Å². The summed E-state index contributed by atoms with van der Waals surface area (Å²) in [6, 6.07) is 2.76. The third-order valence-corrected chi connectivity index (χ3v) is 3.82. The van der Waals surface area contributed by atoms with E-state index in [0.29, 0.717) is 17.0 Å². The summed E-state index contributed by atoms with van der Waals surface area (Å²) in [7, 11) is 0. The summed E-state index contributed by atoms with van der Waals surface area (Å²) < 4.78 is 13.3. The molecule has 0 radical (unpaired) electrons. The molecule has 0 bridgehead atoms. The molecular formula is C12H11Cl2FO. The molecule has 0 heterocycles. The van der Waals surface area contributed by atoms with E-state index in [1.54, 1.807) is 0 Å². The van der Waals surface area contributed by atoms with Gasteiger partial charge in [0, 0.05) is 23.3 Å². The van der Waals surface area contributed by atoms with Crippen molar-refractivity contribution in [3.63, 3.8) is 0 Å². The topological polar surface area (TPSA) is 17.1 Å². The molecule has 0 N–H and O–H groups in total. The van der Waals surface area contributed by atoms with Crippen LogP contribution in [0.4, 0.5) is 4.39 Å². The van der Waals surface area contributed by atoms with Crippen LogP contribution in [0.3, 0.4) is 0 Å². The van der Waals surface area contributed by atoms with Gasteiger partial charge in [-0.25, -0.2) is 4.39 Å². The molecule has 0 spiro atoms. The maximum atomic E-state index is 13.3. The number of rotatable bonds is 2. The Morgan fingerprint density at radius 3 is 2.62 bits per heavy atom. The molecular weight excluding hydrogens is 250 g/mol. The largest absolute Gasteiger partial charge is 0.299 e. The lowest BCUT2D eigenvalue weighted by molar-refractivity contribution is -0.131. The molecule has 1 fully saturated rings. The predicted molar refractivity (Wildman–Crippen MR) is 62.6 cm³/mol. The Kier molecular flexibility index (Phi) is 3.22. The predicted octanol–water partition coefficient (Wildman–Crippen LogP) is 4.22. The van der Waals surface area contributed by atoms with Gasteiger partial charge in [0.1, 0.15) is 11.6 Å². The second kappa shape index (κ2) is 4.34. The smallest absolute Gasteiger partial charge is 0.142 e. The van der Waals surface area contributed by atoms with Crippen LogP contribution < -0.4 is 0 Å². The molecule has 16 heavy (non-hydrogen) atoms. The summed E-state index contributed by atoms with van der Waals surface area (Å²) in [5, 5.41) is 0.467. The van der Waals surface area contributed by atoms with Gasteiger partial charge in [-0.05, 0) is 24.1 Å². The first-order valence-corrected chi connectivity index (χ1v) is 5.97. The average Bonchev–Trinajstić information content (AvgIpc) is 2.21. The molecule has 2 atom stereocenters. The summed E-state index contributed by atoms with van der Waals surface area (Å²) in [6.45, 7) is 1.95. The van der Waals surface area contributed by atoms with Crippen LogP contribution in [0, 0.1) is 11.7 Å². The van der Waals surface area contributed by atoms with Crippen molar-refractivity contribution in [2.24, 2.45) is 5.92 Å². The van der Waals surface area contributed by atoms with E-state index in [0.717, 1.165) is 6.42 Å². The van der Waals surface area contributed by atoms with Crippen LogP contribution in [0.1, 0.15) is 31.2 Å². The van der Waals surface area contributed by atoms with Gasteiger partial charge in [-0.3, -0.25) is 4.79 Å². The van der Waals surface area contributed by atoms with Crippen molar-refractivity contribution in [2.75, 3.05) is 0 Å². The molecule has 1 aromatic carbocycles. The van der Waals surface area contributed by atoms with Gasteiger partial charge in [-0.2, -0.15) is 0 Å². The van der Waals surface area contributed by atoms with Crippen molar-refractivity contribution >= 4 is 29.0 Å². The molecule has 1 aromatic rings. The SMILES string of the molecule is CCC1C(=O)CC1c1cc(F)c(Cl)cc1Cl. The van der Waals surface area contributed by atoms with Crippen molar-refractivity contribution in [3.05, 3.63) is 33.6 Å². The molecule has 86 valence electrons. The van der Waals surface area contributed by atoms with Crippen LogP contribution in [-0.2, 0) is 4.79 Å². The van der Waals surface area contributed by atoms with Gasteiger partial charge in [-0.15, -0.1) is 0 Å². The Balaban J connectivity index is 2.35. The third-order valence-electron chi connectivity index (χ3n) is 3.20. The van der Waals surface area contributed by atoms with Gasteiger partial charge >= 0.3 is 0 Å². The quantitative estimate of drug-likeness (QED) is 0.728. The van der Waals surface area contributed by atoms with Crippen LogP contribution in [0.2, 0.25) is 10.0 Å². The zero-order valence-electron chi connectivity index (χ0n) is 8.77. The van der Waals surface area contributed by atoms with Crippen molar-refractivity contribution in [2.45, 2.75) is 25.7 Å². The zero-order chi connectivity index (χ0) is 11.9. The zero-order valence-corrected chi connectivity index (χ0v) is 10.3. The number of hydrogen-bond acceptors (Lipinski definition) is 1. The molecule has 1 nitrogen and oxygen atoms in total. The highest BCUT2D eigenvalue weighted by Crippen LogP contribution is 2.44. The molecule has 1 aliphatic carbocycles. The minimum atomic E-state index is -0.477. The highest BCUT2D eigenvalue weighted by molar-refractivity contribution is 6.35. The molecule has 1 saturated carbocycles. The first-order chi connectivity index (χ1) is 7.54. The minimum absolute atomic E-state index is 0.0157. The number of hydrogen-bond donors (Lipinski definition) is 0. The molecule has 0 aliphatic heterocycles. The molecule has 0 aromatic heterocycles. The van der Waals surface area contributed by atoms with Crippen molar-refractivity contribution in [1.29, 1.82) is 0 Å². The van der Waals surface area contributed by atoms with E-state index < -0.39 is 5.82 Å². The Bertz CT molecular complexity index is 445. The van der Waals surface area contributed by atoms with Crippen molar-refractivity contribution < 1.29 is 9.18 Å². The maximum absolute atomic E-state index is 13.3. The highest BCUT2D eigenvalue weighted by atomic mass is 35.5. The number of ketones is 1. The van der Waals surface area contributed by atoms with E-state index in [2.05, 4.69) is 0 Å². The van der Waals surface area contributed by atoms with Gasteiger partial charge < -0.3 is 0 Å². The van der Waals surface area contributed by atoms with Crippen LogP contribution >= 0.6 is 23.2 Å². The summed E-state index contributed by atoms with van der Waals surface area (Å²) in [4.78, 5) is 11.3. The molecule has 1 aliphatic rings. The number of carbonyl (C=O) groups is 1. The van der Waals surface area contributed by atoms with Crippen molar-refractivity contribution in [1.82, 2.24) is 0 Å². The molecule has 4 heteroatoms. The lowest BCUT2D eigenvalue weighted by Crippen LogP contribution is -2.34. The molecule has 2 rings (SSSR count). The van der Waals surface area contributed by atoms with E-state index in [1.165, 1.54) is 12.1 Å². The van der Waals surface area contributed by atoms with Crippen LogP contribution in [0.15, 0.2) is 12.1 Å². The molecule has 0 amide bonds.